The van der Waals surface area contributed by atoms with Gasteiger partial charge in [0.25, 0.3) is 0 Å². The second-order valence-electron chi connectivity index (χ2n) is 4.17. The predicted octanol–water partition coefficient (Wildman–Crippen LogP) is 2.88. The van der Waals surface area contributed by atoms with Crippen LogP contribution < -0.4 is 10.1 Å². The average Bonchev–Trinajstić information content (AvgIpc) is 2.28. The molecule has 0 saturated heterocycles. The van der Waals surface area contributed by atoms with Crippen LogP contribution in [0.15, 0.2) is 24.5 Å². The van der Waals surface area contributed by atoms with Crippen molar-refractivity contribution in [3.63, 3.8) is 0 Å². The fraction of sp³-hybridized carbons (Fsp3) is 0.500. The van der Waals surface area contributed by atoms with Crippen molar-refractivity contribution in [3.05, 3.63) is 30.1 Å². The van der Waals surface area contributed by atoms with Gasteiger partial charge in [0.15, 0.2) is 0 Å². The minimum absolute atomic E-state index is 0.185. The smallest absolute Gasteiger partial charge is 0.138 e. The molecule has 0 aliphatic rings. The van der Waals surface area contributed by atoms with E-state index in [2.05, 4.69) is 29.4 Å². The van der Waals surface area contributed by atoms with E-state index < -0.39 is 0 Å². The van der Waals surface area contributed by atoms with Crippen LogP contribution in [0.25, 0.3) is 6.08 Å². The third kappa shape index (κ3) is 6.07. The topological polar surface area (TPSA) is 34.2 Å². The first-order valence-corrected chi connectivity index (χ1v) is 6.21. The summed E-state index contributed by atoms with van der Waals surface area (Å²) in [4.78, 5) is 4.16. The molecule has 94 valence electrons. The normalized spacial score (nSPS) is 11.3. The van der Waals surface area contributed by atoms with E-state index in [0.717, 1.165) is 30.8 Å². The largest absolute Gasteiger partial charge is 0.489 e. The highest BCUT2D eigenvalue weighted by Gasteiger charge is 1.98. The third-order valence-corrected chi connectivity index (χ3v) is 2.15. The van der Waals surface area contributed by atoms with E-state index in [1.54, 1.807) is 6.20 Å². The van der Waals surface area contributed by atoms with Gasteiger partial charge < -0.3 is 10.1 Å². The van der Waals surface area contributed by atoms with E-state index in [0.29, 0.717) is 0 Å². The molecule has 0 bridgehead atoms. The molecular formula is C14H22N2O. The summed E-state index contributed by atoms with van der Waals surface area (Å²) >= 11 is 0. The number of ether oxygens (including phenoxy) is 1. The van der Waals surface area contributed by atoms with Gasteiger partial charge in [-0.05, 0) is 45.0 Å². The van der Waals surface area contributed by atoms with Crippen molar-refractivity contribution in [1.29, 1.82) is 0 Å². The molecule has 0 aromatic carbocycles. The summed E-state index contributed by atoms with van der Waals surface area (Å²) in [6.07, 6.45) is 9.04. The minimum atomic E-state index is 0.185. The predicted molar refractivity (Wildman–Crippen MR) is 72.2 cm³/mol. The summed E-state index contributed by atoms with van der Waals surface area (Å²) in [6, 6.07) is 2.01. The summed E-state index contributed by atoms with van der Waals surface area (Å²) in [5.74, 6) is 0.828. The van der Waals surface area contributed by atoms with Crippen molar-refractivity contribution >= 4 is 6.08 Å². The van der Waals surface area contributed by atoms with E-state index in [1.165, 1.54) is 0 Å². The number of aromatic nitrogens is 1. The molecule has 0 aliphatic heterocycles. The van der Waals surface area contributed by atoms with Gasteiger partial charge in [-0.25, -0.2) is 0 Å². The highest BCUT2D eigenvalue weighted by molar-refractivity contribution is 5.49. The fourth-order valence-corrected chi connectivity index (χ4v) is 1.44. The Balaban J connectivity index is 2.47. The lowest BCUT2D eigenvalue weighted by Crippen LogP contribution is -2.12. The summed E-state index contributed by atoms with van der Waals surface area (Å²) in [6.45, 7) is 8.17. The number of pyridine rings is 1. The first-order valence-electron chi connectivity index (χ1n) is 6.21. The lowest BCUT2D eigenvalue weighted by Gasteiger charge is -2.09. The Morgan fingerprint density at radius 1 is 1.41 bits per heavy atom. The van der Waals surface area contributed by atoms with Crippen molar-refractivity contribution in [2.45, 2.75) is 33.3 Å². The number of rotatable bonds is 7. The first-order chi connectivity index (χ1) is 8.22. The zero-order chi connectivity index (χ0) is 12.5. The summed E-state index contributed by atoms with van der Waals surface area (Å²) < 4.78 is 5.59. The molecule has 0 unspecified atom stereocenters. The van der Waals surface area contributed by atoms with Crippen LogP contribution in [0.3, 0.4) is 0 Å². The molecule has 1 heterocycles. The molecule has 0 aliphatic carbocycles. The SMILES string of the molecule is CCNCCC=Cc1cncc(OC(C)C)c1. The standard InChI is InChI=1S/C14H22N2O/c1-4-15-8-6-5-7-13-9-14(11-16-10-13)17-12(2)3/h5,7,9-12,15H,4,6,8H2,1-3H3. The van der Waals surface area contributed by atoms with E-state index in [4.69, 9.17) is 4.74 Å². The molecule has 0 spiro atoms. The van der Waals surface area contributed by atoms with Gasteiger partial charge in [-0.1, -0.05) is 19.1 Å². The van der Waals surface area contributed by atoms with Gasteiger partial charge in [-0.3, -0.25) is 4.98 Å². The number of nitrogens with one attached hydrogen (secondary N) is 1. The van der Waals surface area contributed by atoms with Gasteiger partial charge in [0.2, 0.25) is 0 Å². The molecule has 1 rings (SSSR count). The Morgan fingerprint density at radius 3 is 2.94 bits per heavy atom. The van der Waals surface area contributed by atoms with Gasteiger partial charge >= 0.3 is 0 Å². The molecule has 3 nitrogen and oxygen atoms in total. The van der Waals surface area contributed by atoms with Crippen molar-refractivity contribution in [3.8, 4) is 5.75 Å². The molecule has 0 radical (unpaired) electrons. The van der Waals surface area contributed by atoms with Gasteiger partial charge in [-0.2, -0.15) is 0 Å². The van der Waals surface area contributed by atoms with Crippen molar-refractivity contribution < 1.29 is 4.74 Å². The fourth-order valence-electron chi connectivity index (χ4n) is 1.44. The Hall–Kier alpha value is -1.35. The molecular weight excluding hydrogens is 212 g/mol. The van der Waals surface area contributed by atoms with Gasteiger partial charge in [0, 0.05) is 6.20 Å². The quantitative estimate of drug-likeness (QED) is 0.737. The van der Waals surface area contributed by atoms with E-state index in [9.17, 15) is 0 Å². The van der Waals surface area contributed by atoms with E-state index >= 15 is 0 Å². The second-order valence-corrected chi connectivity index (χ2v) is 4.17. The molecule has 0 fully saturated rings. The van der Waals surface area contributed by atoms with Crippen LogP contribution in [0.1, 0.15) is 32.8 Å². The van der Waals surface area contributed by atoms with Crippen LogP contribution in [-0.4, -0.2) is 24.2 Å². The third-order valence-electron chi connectivity index (χ3n) is 2.15. The van der Waals surface area contributed by atoms with E-state index in [-0.39, 0.29) is 6.10 Å². The van der Waals surface area contributed by atoms with Crippen molar-refractivity contribution in [1.82, 2.24) is 10.3 Å². The van der Waals surface area contributed by atoms with E-state index in [1.807, 2.05) is 26.1 Å². The number of nitrogens with zero attached hydrogens (tertiary/aromatic N) is 1. The molecule has 1 N–H and O–H groups in total. The molecule has 0 amide bonds. The summed E-state index contributed by atoms with van der Waals surface area (Å²) in [7, 11) is 0. The molecule has 0 atom stereocenters. The Labute approximate surface area is 104 Å². The lowest BCUT2D eigenvalue weighted by molar-refractivity contribution is 0.241. The minimum Gasteiger partial charge on any atom is -0.489 e. The highest BCUT2D eigenvalue weighted by Crippen LogP contribution is 2.14. The first kappa shape index (κ1) is 13.7. The molecule has 1 aromatic heterocycles. The highest BCUT2D eigenvalue weighted by atomic mass is 16.5. The van der Waals surface area contributed by atoms with Gasteiger partial charge in [-0.15, -0.1) is 0 Å². The zero-order valence-electron chi connectivity index (χ0n) is 10.9. The summed E-state index contributed by atoms with van der Waals surface area (Å²) in [5, 5.41) is 3.28. The second kappa shape index (κ2) is 7.85. The van der Waals surface area contributed by atoms with Crippen molar-refractivity contribution in [2.75, 3.05) is 13.1 Å². The van der Waals surface area contributed by atoms with Gasteiger partial charge in [0.1, 0.15) is 5.75 Å². The van der Waals surface area contributed by atoms with Gasteiger partial charge in [0.05, 0.1) is 12.3 Å². The molecule has 3 heteroatoms. The van der Waals surface area contributed by atoms with Crippen LogP contribution in [0.2, 0.25) is 0 Å². The van der Waals surface area contributed by atoms with Crippen molar-refractivity contribution in [2.24, 2.45) is 0 Å². The maximum absolute atomic E-state index is 5.59. The lowest BCUT2D eigenvalue weighted by atomic mass is 10.2. The monoisotopic (exact) mass is 234 g/mol. The summed E-state index contributed by atoms with van der Waals surface area (Å²) in [5.41, 5.74) is 1.08. The number of hydrogen-bond donors (Lipinski definition) is 1. The Bertz CT molecular complexity index is 348. The van der Waals surface area contributed by atoms with Crippen LogP contribution in [0.5, 0.6) is 5.75 Å². The number of hydrogen-bond acceptors (Lipinski definition) is 3. The van der Waals surface area contributed by atoms with Crippen LogP contribution in [0, 0.1) is 0 Å². The average molecular weight is 234 g/mol. The molecule has 0 saturated carbocycles. The Morgan fingerprint density at radius 2 is 2.24 bits per heavy atom. The zero-order valence-corrected chi connectivity index (χ0v) is 10.9. The van der Waals surface area contributed by atoms with Crippen LogP contribution >= 0.6 is 0 Å². The molecule has 1 aromatic rings. The maximum Gasteiger partial charge on any atom is 0.138 e. The molecule has 17 heavy (non-hydrogen) atoms. The maximum atomic E-state index is 5.59. The van der Waals surface area contributed by atoms with Crippen LogP contribution in [0.4, 0.5) is 0 Å². The Kier molecular flexibility index (Phi) is 6.33. The van der Waals surface area contributed by atoms with Crippen LogP contribution in [-0.2, 0) is 0 Å².